The van der Waals surface area contributed by atoms with Gasteiger partial charge in [-0.15, -0.1) is 12.4 Å². The number of fused-ring (bicyclic) bond motifs is 3. The third kappa shape index (κ3) is 3.18. The summed E-state index contributed by atoms with van der Waals surface area (Å²) >= 11 is 0. The van der Waals surface area contributed by atoms with Crippen molar-refractivity contribution in [2.75, 3.05) is 0 Å². The maximum atomic E-state index is 13.3. The molecule has 1 aromatic carbocycles. The molecule has 1 aromatic rings. The van der Waals surface area contributed by atoms with Crippen molar-refractivity contribution in [2.45, 2.75) is 57.0 Å². The Balaban J connectivity index is 0.00000169. The number of amides is 1. The highest BCUT2D eigenvalue weighted by Gasteiger charge is 2.41. The summed E-state index contributed by atoms with van der Waals surface area (Å²) in [5.41, 5.74) is 8.45. The minimum atomic E-state index is -0.190. The zero-order chi connectivity index (χ0) is 16.0. The van der Waals surface area contributed by atoms with Crippen LogP contribution in [0.1, 0.15) is 55.7 Å². The van der Waals surface area contributed by atoms with Gasteiger partial charge in [0.15, 0.2) is 0 Å². The number of hydrogen-bond acceptors (Lipinski definition) is 2. The summed E-state index contributed by atoms with van der Waals surface area (Å²) in [5, 5.41) is 3.23. The smallest absolute Gasteiger partial charge is 0.223 e. The highest BCUT2D eigenvalue weighted by atomic mass is 35.5. The molecule has 2 saturated carbocycles. The Kier molecular flexibility index (Phi) is 5.16. The molecule has 24 heavy (non-hydrogen) atoms. The zero-order valence-corrected chi connectivity index (χ0v) is 14.7. The second kappa shape index (κ2) is 7.01. The molecule has 3 aliphatic carbocycles. The van der Waals surface area contributed by atoms with Gasteiger partial charge in [-0.1, -0.05) is 12.5 Å². The van der Waals surface area contributed by atoms with Gasteiger partial charge in [0.2, 0.25) is 5.91 Å². The van der Waals surface area contributed by atoms with Crippen molar-refractivity contribution in [1.82, 2.24) is 5.32 Å². The minimum Gasteiger partial charge on any atom is -0.349 e. The van der Waals surface area contributed by atoms with Crippen LogP contribution in [0.2, 0.25) is 0 Å². The quantitative estimate of drug-likeness (QED) is 0.855. The van der Waals surface area contributed by atoms with E-state index in [4.69, 9.17) is 5.73 Å². The van der Waals surface area contributed by atoms with Crippen LogP contribution < -0.4 is 11.1 Å². The Labute approximate surface area is 149 Å². The molecule has 3 aliphatic rings. The number of nitrogens with one attached hydrogen (secondary N) is 1. The molecule has 0 radical (unpaired) electrons. The van der Waals surface area contributed by atoms with E-state index in [-0.39, 0.29) is 36.1 Å². The van der Waals surface area contributed by atoms with E-state index in [1.54, 1.807) is 6.07 Å². The fourth-order valence-corrected chi connectivity index (χ4v) is 5.03. The first-order valence-corrected chi connectivity index (χ1v) is 8.96. The molecule has 3 N–H and O–H groups in total. The van der Waals surface area contributed by atoms with Crippen molar-refractivity contribution in [2.24, 2.45) is 23.5 Å². The van der Waals surface area contributed by atoms with E-state index in [0.29, 0.717) is 17.9 Å². The first-order chi connectivity index (χ1) is 11.1. The predicted octanol–water partition coefficient (Wildman–Crippen LogP) is 3.50. The molecule has 0 saturated heterocycles. The van der Waals surface area contributed by atoms with E-state index < -0.39 is 0 Å². The third-order valence-corrected chi connectivity index (χ3v) is 6.28. The number of carbonyl (C=O) groups is 1. The normalized spacial score (nSPS) is 34.2. The van der Waals surface area contributed by atoms with Crippen LogP contribution in [0.25, 0.3) is 0 Å². The van der Waals surface area contributed by atoms with Gasteiger partial charge in [0.1, 0.15) is 5.82 Å². The Hall–Kier alpha value is -1.13. The van der Waals surface area contributed by atoms with Gasteiger partial charge in [-0.05, 0) is 73.6 Å². The number of halogens is 2. The van der Waals surface area contributed by atoms with Crippen LogP contribution in [0.15, 0.2) is 18.2 Å². The summed E-state index contributed by atoms with van der Waals surface area (Å²) in [5.74, 6) is 1.13. The van der Waals surface area contributed by atoms with Gasteiger partial charge in [0.05, 0.1) is 6.04 Å². The average molecular weight is 353 g/mol. The Morgan fingerprint density at radius 3 is 2.58 bits per heavy atom. The molecule has 3 unspecified atom stereocenters. The van der Waals surface area contributed by atoms with E-state index in [2.05, 4.69) is 5.32 Å². The van der Waals surface area contributed by atoms with Crippen LogP contribution in [-0.4, -0.2) is 11.9 Å². The van der Waals surface area contributed by atoms with Gasteiger partial charge in [-0.2, -0.15) is 0 Å². The second-order valence-corrected chi connectivity index (χ2v) is 7.64. The van der Waals surface area contributed by atoms with Crippen molar-refractivity contribution in [1.29, 1.82) is 0 Å². The number of carbonyl (C=O) groups excluding carboxylic acids is 1. The summed E-state index contributed by atoms with van der Waals surface area (Å²) in [6, 6.07) is 5.27. The lowest BCUT2D eigenvalue weighted by Gasteiger charge is -2.43. The van der Waals surface area contributed by atoms with Crippen LogP contribution in [0, 0.1) is 23.6 Å². The number of nitrogens with two attached hydrogens (primary N) is 1. The zero-order valence-electron chi connectivity index (χ0n) is 13.8. The molecule has 1 amide bonds. The van der Waals surface area contributed by atoms with E-state index in [9.17, 15) is 9.18 Å². The first kappa shape index (κ1) is 17.7. The molecule has 132 valence electrons. The highest BCUT2D eigenvalue weighted by molar-refractivity contribution is 5.85. The maximum absolute atomic E-state index is 13.3. The van der Waals surface area contributed by atoms with Crippen LogP contribution in [0.5, 0.6) is 0 Å². The number of rotatable bonds is 2. The highest BCUT2D eigenvalue weighted by Crippen LogP contribution is 2.42. The van der Waals surface area contributed by atoms with Crippen molar-refractivity contribution in [3.8, 4) is 0 Å². The summed E-state index contributed by atoms with van der Waals surface area (Å²) in [4.78, 5) is 12.7. The van der Waals surface area contributed by atoms with E-state index in [0.717, 1.165) is 36.8 Å². The van der Waals surface area contributed by atoms with Crippen LogP contribution in [-0.2, 0) is 11.2 Å². The summed E-state index contributed by atoms with van der Waals surface area (Å²) in [6.45, 7) is 0. The summed E-state index contributed by atoms with van der Waals surface area (Å²) < 4.78 is 13.3. The Morgan fingerprint density at radius 1 is 1.17 bits per heavy atom. The average Bonchev–Trinajstić information content (AvgIpc) is 2.89. The monoisotopic (exact) mass is 352 g/mol. The minimum absolute atomic E-state index is 0. The lowest BCUT2D eigenvalue weighted by Crippen LogP contribution is -2.49. The molecule has 0 aliphatic heterocycles. The van der Waals surface area contributed by atoms with Crippen LogP contribution >= 0.6 is 12.4 Å². The molecule has 5 heteroatoms. The van der Waals surface area contributed by atoms with Gasteiger partial charge in [-0.3, -0.25) is 4.79 Å². The van der Waals surface area contributed by atoms with E-state index in [1.165, 1.54) is 25.3 Å². The molecular formula is C19H26ClFN2O. The fourth-order valence-electron chi connectivity index (χ4n) is 5.03. The second-order valence-electron chi connectivity index (χ2n) is 7.64. The number of benzene rings is 1. The van der Waals surface area contributed by atoms with Gasteiger partial charge >= 0.3 is 0 Å². The Bertz CT molecular complexity index is 609. The predicted molar refractivity (Wildman–Crippen MR) is 94.4 cm³/mol. The van der Waals surface area contributed by atoms with Gasteiger partial charge in [0, 0.05) is 12.0 Å². The molecule has 0 spiro atoms. The largest absolute Gasteiger partial charge is 0.349 e. The standard InChI is InChI=1S/C19H25FN2O.ClH/c20-15-5-6-16-11(10-15)4-7-17(16)22-19(23)14-8-12-2-1-3-13(9-14)18(12)21;/h5-6,10,12-14,17-18H,1-4,7-9,21H2,(H,22,23);1H. The summed E-state index contributed by atoms with van der Waals surface area (Å²) in [7, 11) is 0. The van der Waals surface area contributed by atoms with Crippen molar-refractivity contribution in [3.05, 3.63) is 35.1 Å². The maximum Gasteiger partial charge on any atom is 0.223 e. The third-order valence-electron chi connectivity index (χ3n) is 6.28. The number of hydrogen-bond donors (Lipinski definition) is 2. The van der Waals surface area contributed by atoms with E-state index in [1.807, 2.05) is 6.07 Å². The van der Waals surface area contributed by atoms with Crippen molar-refractivity contribution >= 4 is 18.3 Å². The lowest BCUT2D eigenvalue weighted by atomic mass is 9.65. The topological polar surface area (TPSA) is 55.1 Å². The van der Waals surface area contributed by atoms with Crippen molar-refractivity contribution in [3.63, 3.8) is 0 Å². The fraction of sp³-hybridized carbons (Fsp3) is 0.632. The summed E-state index contributed by atoms with van der Waals surface area (Å²) in [6.07, 6.45) is 7.21. The van der Waals surface area contributed by atoms with Crippen LogP contribution in [0.4, 0.5) is 4.39 Å². The van der Waals surface area contributed by atoms with Crippen molar-refractivity contribution < 1.29 is 9.18 Å². The van der Waals surface area contributed by atoms with E-state index >= 15 is 0 Å². The lowest BCUT2D eigenvalue weighted by molar-refractivity contribution is -0.128. The molecule has 3 nitrogen and oxygen atoms in total. The molecule has 3 atom stereocenters. The molecular weight excluding hydrogens is 327 g/mol. The SMILES string of the molecule is Cl.NC1C2CCCC1CC(C(=O)NC1CCc3cc(F)ccc31)C2. The molecule has 2 fully saturated rings. The Morgan fingerprint density at radius 2 is 1.88 bits per heavy atom. The van der Waals surface area contributed by atoms with Crippen LogP contribution in [0.3, 0.4) is 0 Å². The molecule has 0 heterocycles. The van der Waals surface area contributed by atoms with Gasteiger partial charge in [-0.25, -0.2) is 4.39 Å². The first-order valence-electron chi connectivity index (χ1n) is 8.96. The molecule has 2 bridgehead atoms. The van der Waals surface area contributed by atoms with Gasteiger partial charge in [0.25, 0.3) is 0 Å². The number of aryl methyl sites for hydroxylation is 1. The molecule has 0 aromatic heterocycles. The molecule has 4 rings (SSSR count). The van der Waals surface area contributed by atoms with Gasteiger partial charge < -0.3 is 11.1 Å².